The molecule has 0 radical (unpaired) electrons. The lowest BCUT2D eigenvalue weighted by molar-refractivity contribution is 0.102. The first-order valence-corrected chi connectivity index (χ1v) is 6.11. The Morgan fingerprint density at radius 2 is 2.11 bits per heavy atom. The molecule has 1 heterocycles. The zero-order chi connectivity index (χ0) is 13.1. The Bertz CT molecular complexity index is 560. The summed E-state index contributed by atoms with van der Waals surface area (Å²) in [6, 6.07) is 9.18. The van der Waals surface area contributed by atoms with E-state index in [-0.39, 0.29) is 11.3 Å². The van der Waals surface area contributed by atoms with Gasteiger partial charge in [0.25, 0.3) is 5.91 Å². The Balaban J connectivity index is 2.22. The van der Waals surface area contributed by atoms with Crippen LogP contribution in [0.15, 0.2) is 41.0 Å². The maximum Gasteiger partial charge on any atom is 0.258 e. The number of amides is 1. The summed E-state index contributed by atoms with van der Waals surface area (Å²) in [5.74, 6) is 0.510. The number of carbonyl (C=O) groups is 1. The number of alkyl halides is 1. The van der Waals surface area contributed by atoms with Crippen molar-refractivity contribution in [3.05, 3.63) is 53.5 Å². The highest BCUT2D eigenvalue weighted by Gasteiger charge is 2.13. The Hall–Kier alpha value is -1.74. The molecular formula is C14H14ClNO2. The van der Waals surface area contributed by atoms with Crippen molar-refractivity contribution in [3.8, 4) is 0 Å². The molecule has 2 aromatic rings. The highest BCUT2D eigenvalue weighted by molar-refractivity contribution is 6.21. The Morgan fingerprint density at radius 3 is 2.72 bits per heavy atom. The van der Waals surface area contributed by atoms with Gasteiger partial charge in [0, 0.05) is 5.69 Å². The van der Waals surface area contributed by atoms with Crippen molar-refractivity contribution in [2.24, 2.45) is 0 Å². The first kappa shape index (κ1) is 12.7. The van der Waals surface area contributed by atoms with E-state index in [4.69, 9.17) is 16.0 Å². The molecule has 18 heavy (non-hydrogen) atoms. The first-order chi connectivity index (χ1) is 8.58. The van der Waals surface area contributed by atoms with E-state index in [1.807, 2.05) is 31.2 Å². The van der Waals surface area contributed by atoms with E-state index in [9.17, 15) is 4.79 Å². The van der Waals surface area contributed by atoms with E-state index < -0.39 is 0 Å². The van der Waals surface area contributed by atoms with E-state index in [0.29, 0.717) is 11.3 Å². The minimum Gasteiger partial charge on any atom is -0.469 e. The quantitative estimate of drug-likeness (QED) is 0.846. The molecule has 0 spiro atoms. The molecule has 94 valence electrons. The third-order valence-electron chi connectivity index (χ3n) is 2.63. The Kier molecular flexibility index (Phi) is 3.72. The van der Waals surface area contributed by atoms with Crippen LogP contribution in [-0.4, -0.2) is 5.91 Å². The van der Waals surface area contributed by atoms with Crippen LogP contribution in [0.3, 0.4) is 0 Å². The number of halogens is 1. The van der Waals surface area contributed by atoms with E-state index >= 15 is 0 Å². The number of nitrogens with one attached hydrogen (secondary N) is 1. The van der Waals surface area contributed by atoms with Gasteiger partial charge in [-0.3, -0.25) is 4.79 Å². The zero-order valence-electron chi connectivity index (χ0n) is 10.2. The molecule has 0 aliphatic heterocycles. The molecule has 1 aromatic carbocycles. The van der Waals surface area contributed by atoms with Crippen LogP contribution >= 0.6 is 11.6 Å². The molecule has 3 nitrogen and oxygen atoms in total. The van der Waals surface area contributed by atoms with Gasteiger partial charge in [0.15, 0.2) is 0 Å². The average Bonchev–Trinajstić information content (AvgIpc) is 2.76. The topological polar surface area (TPSA) is 42.2 Å². The number of rotatable bonds is 3. The van der Waals surface area contributed by atoms with Crippen LogP contribution in [0.4, 0.5) is 5.69 Å². The number of aryl methyl sites for hydroxylation is 1. The van der Waals surface area contributed by atoms with Crippen LogP contribution in [0, 0.1) is 6.92 Å². The Labute approximate surface area is 111 Å². The summed E-state index contributed by atoms with van der Waals surface area (Å²) in [4.78, 5) is 12.0. The second kappa shape index (κ2) is 5.27. The third kappa shape index (κ3) is 2.74. The largest absolute Gasteiger partial charge is 0.469 e. The van der Waals surface area contributed by atoms with E-state index in [2.05, 4.69) is 5.32 Å². The number of hydrogen-bond donors (Lipinski definition) is 1. The smallest absolute Gasteiger partial charge is 0.258 e. The van der Waals surface area contributed by atoms with Crippen molar-refractivity contribution in [1.29, 1.82) is 0 Å². The van der Waals surface area contributed by atoms with Gasteiger partial charge in [-0.25, -0.2) is 0 Å². The van der Waals surface area contributed by atoms with Crippen LogP contribution in [0.1, 0.15) is 34.0 Å². The van der Waals surface area contributed by atoms with E-state index in [1.165, 1.54) is 6.26 Å². The molecule has 0 saturated heterocycles. The summed E-state index contributed by atoms with van der Waals surface area (Å²) >= 11 is 6.07. The maximum atomic E-state index is 12.0. The van der Waals surface area contributed by atoms with Gasteiger partial charge in [-0.1, -0.05) is 18.2 Å². The van der Waals surface area contributed by atoms with Crippen molar-refractivity contribution < 1.29 is 9.21 Å². The van der Waals surface area contributed by atoms with Gasteiger partial charge < -0.3 is 9.73 Å². The van der Waals surface area contributed by atoms with Gasteiger partial charge in [-0.2, -0.15) is 0 Å². The molecule has 2 rings (SSSR count). The molecule has 1 aromatic heterocycles. The molecule has 1 amide bonds. The van der Waals surface area contributed by atoms with Gasteiger partial charge in [-0.15, -0.1) is 11.6 Å². The minimum absolute atomic E-state index is 0.160. The normalized spacial score (nSPS) is 12.2. The molecule has 0 fully saturated rings. The second-order valence-corrected chi connectivity index (χ2v) is 4.76. The SMILES string of the molecule is Cc1cc(C(=O)Nc2ccccc2C(C)Cl)co1. The fraction of sp³-hybridized carbons (Fsp3) is 0.214. The van der Waals surface area contributed by atoms with Gasteiger partial charge in [-0.05, 0) is 31.5 Å². The molecule has 1 atom stereocenters. The van der Waals surface area contributed by atoms with Crippen molar-refractivity contribution in [3.63, 3.8) is 0 Å². The lowest BCUT2D eigenvalue weighted by Gasteiger charge is -2.11. The van der Waals surface area contributed by atoms with Crippen molar-refractivity contribution in [1.82, 2.24) is 0 Å². The molecule has 0 aliphatic rings. The molecule has 0 aliphatic carbocycles. The fourth-order valence-electron chi connectivity index (χ4n) is 1.71. The summed E-state index contributed by atoms with van der Waals surface area (Å²) in [6.07, 6.45) is 1.44. The van der Waals surface area contributed by atoms with Gasteiger partial charge in [0.05, 0.1) is 10.9 Å². The lowest BCUT2D eigenvalue weighted by atomic mass is 10.1. The highest BCUT2D eigenvalue weighted by Crippen LogP contribution is 2.27. The first-order valence-electron chi connectivity index (χ1n) is 5.67. The predicted molar refractivity (Wildman–Crippen MR) is 72.1 cm³/mol. The van der Waals surface area contributed by atoms with E-state index in [1.54, 1.807) is 13.0 Å². The summed E-state index contributed by atoms with van der Waals surface area (Å²) in [7, 11) is 0. The monoisotopic (exact) mass is 263 g/mol. The van der Waals surface area contributed by atoms with Crippen molar-refractivity contribution in [2.75, 3.05) is 5.32 Å². The molecule has 0 bridgehead atoms. The zero-order valence-corrected chi connectivity index (χ0v) is 11.0. The van der Waals surface area contributed by atoms with Crippen LogP contribution in [-0.2, 0) is 0 Å². The average molecular weight is 264 g/mol. The highest BCUT2D eigenvalue weighted by atomic mass is 35.5. The van der Waals surface area contributed by atoms with Crippen LogP contribution in [0.2, 0.25) is 0 Å². The minimum atomic E-state index is -0.198. The molecule has 1 unspecified atom stereocenters. The van der Waals surface area contributed by atoms with Gasteiger partial charge in [0.2, 0.25) is 0 Å². The number of anilines is 1. The van der Waals surface area contributed by atoms with Crippen molar-refractivity contribution >= 4 is 23.2 Å². The van der Waals surface area contributed by atoms with Gasteiger partial charge in [0.1, 0.15) is 12.0 Å². The van der Waals surface area contributed by atoms with Crippen molar-refractivity contribution in [2.45, 2.75) is 19.2 Å². The summed E-state index contributed by atoms with van der Waals surface area (Å²) in [5, 5.41) is 2.68. The molecular weight excluding hydrogens is 250 g/mol. The second-order valence-electron chi connectivity index (χ2n) is 4.10. The summed E-state index contributed by atoms with van der Waals surface area (Å²) < 4.78 is 5.11. The predicted octanol–water partition coefficient (Wildman–Crippen LogP) is 4.14. The van der Waals surface area contributed by atoms with Gasteiger partial charge >= 0.3 is 0 Å². The lowest BCUT2D eigenvalue weighted by Crippen LogP contribution is -2.12. The molecule has 4 heteroatoms. The number of hydrogen-bond acceptors (Lipinski definition) is 2. The van der Waals surface area contributed by atoms with Crippen LogP contribution < -0.4 is 5.32 Å². The maximum absolute atomic E-state index is 12.0. The summed E-state index contributed by atoms with van der Waals surface area (Å²) in [6.45, 7) is 3.67. The number of furan rings is 1. The molecule has 1 N–H and O–H groups in total. The Morgan fingerprint density at radius 1 is 1.39 bits per heavy atom. The fourth-order valence-corrected chi connectivity index (χ4v) is 1.91. The van der Waals surface area contributed by atoms with Crippen LogP contribution in [0.5, 0.6) is 0 Å². The number of carbonyl (C=O) groups excluding carboxylic acids is 1. The third-order valence-corrected chi connectivity index (χ3v) is 2.87. The van der Waals surface area contributed by atoms with Crippen LogP contribution in [0.25, 0.3) is 0 Å². The summed E-state index contributed by atoms with van der Waals surface area (Å²) in [5.41, 5.74) is 2.13. The van der Waals surface area contributed by atoms with E-state index in [0.717, 1.165) is 11.3 Å². The number of benzene rings is 1. The number of para-hydroxylation sites is 1. The standard InChI is InChI=1S/C14H14ClNO2/c1-9-7-11(8-18-9)14(17)16-13-6-4-3-5-12(13)10(2)15/h3-8,10H,1-2H3,(H,16,17). The molecule has 0 saturated carbocycles.